The van der Waals surface area contributed by atoms with E-state index in [4.69, 9.17) is 20.3 Å². The molecular weight excluding hydrogens is 194 g/mol. The number of hydrogen-bond acceptors (Lipinski definition) is 4. The van der Waals surface area contributed by atoms with Gasteiger partial charge >= 0.3 is 0 Å². The molecule has 4 heteroatoms. The van der Waals surface area contributed by atoms with Crippen LogP contribution in [0, 0.1) is 0 Å². The monoisotopic (exact) mass is 211 g/mol. The van der Waals surface area contributed by atoms with Crippen LogP contribution in [0.2, 0.25) is 0 Å². The highest BCUT2D eigenvalue weighted by atomic mass is 16.5. The standard InChI is InChI=1S/C11H17NO3/c1-14-10-4-3-8(5-11(10)15-2)9(6-12)7-13/h3-5,9,13H,6-7,12H2,1-2H3/t9-/m0/s1. The van der Waals surface area contributed by atoms with Crippen LogP contribution in [0.4, 0.5) is 0 Å². The maximum Gasteiger partial charge on any atom is 0.160 e. The van der Waals surface area contributed by atoms with Gasteiger partial charge in [-0.05, 0) is 17.7 Å². The summed E-state index contributed by atoms with van der Waals surface area (Å²) in [7, 11) is 3.17. The zero-order valence-electron chi connectivity index (χ0n) is 9.06. The first-order valence-corrected chi connectivity index (χ1v) is 4.79. The van der Waals surface area contributed by atoms with Crippen molar-refractivity contribution in [1.82, 2.24) is 0 Å². The Kier molecular flexibility index (Phi) is 4.39. The average Bonchev–Trinajstić information content (AvgIpc) is 2.30. The first-order valence-electron chi connectivity index (χ1n) is 4.79. The fraction of sp³-hybridized carbons (Fsp3) is 0.455. The topological polar surface area (TPSA) is 64.7 Å². The summed E-state index contributed by atoms with van der Waals surface area (Å²) in [5.74, 6) is 1.28. The number of hydrogen-bond donors (Lipinski definition) is 2. The van der Waals surface area contributed by atoms with E-state index in [0.29, 0.717) is 18.0 Å². The highest BCUT2D eigenvalue weighted by molar-refractivity contribution is 5.44. The summed E-state index contributed by atoms with van der Waals surface area (Å²) in [6.07, 6.45) is 0. The summed E-state index contributed by atoms with van der Waals surface area (Å²) in [6.45, 7) is 0.442. The van der Waals surface area contributed by atoms with E-state index in [9.17, 15) is 0 Å². The van der Waals surface area contributed by atoms with E-state index in [2.05, 4.69) is 0 Å². The van der Waals surface area contributed by atoms with Gasteiger partial charge in [-0.15, -0.1) is 0 Å². The van der Waals surface area contributed by atoms with Crippen molar-refractivity contribution in [3.8, 4) is 11.5 Å². The second-order valence-corrected chi connectivity index (χ2v) is 3.23. The minimum Gasteiger partial charge on any atom is -0.493 e. The van der Waals surface area contributed by atoms with Crippen molar-refractivity contribution in [1.29, 1.82) is 0 Å². The Hall–Kier alpha value is -1.26. The molecule has 4 nitrogen and oxygen atoms in total. The van der Waals surface area contributed by atoms with Gasteiger partial charge in [0.1, 0.15) is 0 Å². The minimum atomic E-state index is -0.0511. The van der Waals surface area contributed by atoms with Crippen LogP contribution in [0.3, 0.4) is 0 Å². The van der Waals surface area contributed by atoms with Gasteiger partial charge in [-0.2, -0.15) is 0 Å². The highest BCUT2D eigenvalue weighted by Crippen LogP contribution is 2.30. The van der Waals surface area contributed by atoms with E-state index in [-0.39, 0.29) is 12.5 Å². The lowest BCUT2D eigenvalue weighted by Gasteiger charge is -2.14. The van der Waals surface area contributed by atoms with E-state index in [1.807, 2.05) is 18.2 Å². The maximum absolute atomic E-state index is 9.12. The molecule has 1 rings (SSSR count). The second kappa shape index (κ2) is 5.58. The molecular formula is C11H17NO3. The molecule has 1 aromatic rings. The Labute approximate surface area is 89.6 Å². The van der Waals surface area contributed by atoms with Crippen molar-refractivity contribution in [2.75, 3.05) is 27.4 Å². The molecule has 0 bridgehead atoms. The van der Waals surface area contributed by atoms with Crippen LogP contribution >= 0.6 is 0 Å². The van der Waals surface area contributed by atoms with E-state index < -0.39 is 0 Å². The SMILES string of the molecule is COc1ccc([C@@H](CN)CO)cc1OC. The van der Waals surface area contributed by atoms with Gasteiger partial charge < -0.3 is 20.3 Å². The third kappa shape index (κ3) is 2.61. The fourth-order valence-corrected chi connectivity index (χ4v) is 1.42. The summed E-state index contributed by atoms with van der Waals surface area (Å²) in [4.78, 5) is 0. The molecule has 0 unspecified atom stereocenters. The predicted molar refractivity (Wildman–Crippen MR) is 58.4 cm³/mol. The Morgan fingerprint density at radius 3 is 2.40 bits per heavy atom. The van der Waals surface area contributed by atoms with Crippen LogP contribution in [-0.4, -0.2) is 32.5 Å². The lowest BCUT2D eigenvalue weighted by molar-refractivity contribution is 0.267. The smallest absolute Gasteiger partial charge is 0.160 e. The molecule has 0 fully saturated rings. The molecule has 0 saturated heterocycles. The average molecular weight is 211 g/mol. The Morgan fingerprint density at radius 1 is 1.27 bits per heavy atom. The molecule has 1 atom stereocenters. The van der Waals surface area contributed by atoms with Crippen molar-refractivity contribution in [2.45, 2.75) is 5.92 Å². The Morgan fingerprint density at radius 2 is 1.93 bits per heavy atom. The summed E-state index contributed by atoms with van der Waals surface area (Å²) >= 11 is 0. The van der Waals surface area contributed by atoms with Gasteiger partial charge in [-0.25, -0.2) is 0 Å². The molecule has 0 heterocycles. The van der Waals surface area contributed by atoms with Crippen molar-refractivity contribution in [3.05, 3.63) is 23.8 Å². The summed E-state index contributed by atoms with van der Waals surface area (Å²) < 4.78 is 10.3. The number of nitrogens with two attached hydrogens (primary N) is 1. The van der Waals surface area contributed by atoms with Gasteiger partial charge in [0, 0.05) is 12.5 Å². The van der Waals surface area contributed by atoms with E-state index in [1.54, 1.807) is 14.2 Å². The van der Waals surface area contributed by atoms with Gasteiger partial charge in [-0.1, -0.05) is 6.07 Å². The Bertz CT molecular complexity index is 311. The van der Waals surface area contributed by atoms with Crippen LogP contribution in [0.5, 0.6) is 11.5 Å². The molecule has 0 amide bonds. The number of aliphatic hydroxyl groups excluding tert-OH is 1. The molecule has 3 N–H and O–H groups in total. The zero-order valence-corrected chi connectivity index (χ0v) is 9.06. The number of methoxy groups -OCH3 is 2. The predicted octanol–water partition coefficient (Wildman–Crippen LogP) is 0.738. The number of aliphatic hydroxyl groups is 1. The highest BCUT2D eigenvalue weighted by Gasteiger charge is 2.11. The summed E-state index contributed by atoms with van der Waals surface area (Å²) in [6, 6.07) is 5.54. The van der Waals surface area contributed by atoms with Gasteiger partial charge in [0.2, 0.25) is 0 Å². The van der Waals surface area contributed by atoms with Crippen LogP contribution < -0.4 is 15.2 Å². The van der Waals surface area contributed by atoms with E-state index in [1.165, 1.54) is 0 Å². The van der Waals surface area contributed by atoms with Gasteiger partial charge in [0.05, 0.1) is 20.8 Å². The van der Waals surface area contributed by atoms with Gasteiger partial charge in [-0.3, -0.25) is 0 Å². The quantitative estimate of drug-likeness (QED) is 0.754. The normalized spacial score (nSPS) is 12.3. The van der Waals surface area contributed by atoms with E-state index in [0.717, 1.165) is 5.56 Å². The molecule has 0 aliphatic heterocycles. The molecule has 0 aromatic heterocycles. The zero-order chi connectivity index (χ0) is 11.3. The molecule has 1 aromatic carbocycles. The van der Waals surface area contributed by atoms with Crippen LogP contribution in [-0.2, 0) is 0 Å². The van der Waals surface area contributed by atoms with Gasteiger partial charge in [0.15, 0.2) is 11.5 Å². The molecule has 0 radical (unpaired) electrons. The van der Waals surface area contributed by atoms with Crippen molar-refractivity contribution >= 4 is 0 Å². The number of ether oxygens (including phenoxy) is 2. The second-order valence-electron chi connectivity index (χ2n) is 3.23. The molecule has 0 spiro atoms. The van der Waals surface area contributed by atoms with E-state index >= 15 is 0 Å². The van der Waals surface area contributed by atoms with Crippen molar-refractivity contribution < 1.29 is 14.6 Å². The van der Waals surface area contributed by atoms with Crippen LogP contribution in [0.15, 0.2) is 18.2 Å². The lowest BCUT2D eigenvalue weighted by atomic mass is 10.00. The summed E-state index contributed by atoms with van der Waals surface area (Å²) in [5.41, 5.74) is 6.50. The molecule has 84 valence electrons. The van der Waals surface area contributed by atoms with Crippen molar-refractivity contribution in [2.24, 2.45) is 5.73 Å². The number of rotatable bonds is 5. The first-order chi connectivity index (χ1) is 7.26. The molecule has 15 heavy (non-hydrogen) atoms. The third-order valence-electron chi connectivity index (χ3n) is 2.38. The summed E-state index contributed by atoms with van der Waals surface area (Å²) in [5, 5.41) is 9.12. The molecule has 0 saturated carbocycles. The maximum atomic E-state index is 9.12. The molecule has 0 aliphatic rings. The largest absolute Gasteiger partial charge is 0.493 e. The van der Waals surface area contributed by atoms with Crippen molar-refractivity contribution in [3.63, 3.8) is 0 Å². The van der Waals surface area contributed by atoms with Crippen LogP contribution in [0.1, 0.15) is 11.5 Å². The fourth-order valence-electron chi connectivity index (χ4n) is 1.42. The Balaban J connectivity index is 3.01. The third-order valence-corrected chi connectivity index (χ3v) is 2.38. The first kappa shape index (κ1) is 11.8. The van der Waals surface area contributed by atoms with Crippen LogP contribution in [0.25, 0.3) is 0 Å². The van der Waals surface area contributed by atoms with Gasteiger partial charge in [0.25, 0.3) is 0 Å². The number of benzene rings is 1. The minimum absolute atomic E-state index is 0.0337. The lowest BCUT2D eigenvalue weighted by Crippen LogP contribution is -2.16. The molecule has 0 aliphatic carbocycles.